The third-order valence-corrected chi connectivity index (χ3v) is 5.43. The van der Waals surface area contributed by atoms with Gasteiger partial charge in [0.05, 0.1) is 22.1 Å². The van der Waals surface area contributed by atoms with Crippen molar-refractivity contribution in [1.29, 1.82) is 0 Å². The van der Waals surface area contributed by atoms with Gasteiger partial charge in [-0.2, -0.15) is 0 Å². The summed E-state index contributed by atoms with van der Waals surface area (Å²) in [6.45, 7) is 4.91. The molecule has 2 rings (SSSR count). The summed E-state index contributed by atoms with van der Waals surface area (Å²) in [5.41, 5.74) is 0.518. The van der Waals surface area contributed by atoms with Crippen molar-refractivity contribution in [2.45, 2.75) is 31.6 Å². The minimum atomic E-state index is -3.87. The Hall–Kier alpha value is -2.25. The molecule has 0 spiro atoms. The van der Waals surface area contributed by atoms with E-state index in [0.29, 0.717) is 24.6 Å². The molecule has 0 aliphatic heterocycles. The molecular formula is C19H23ClN2O4S. The van der Waals surface area contributed by atoms with E-state index in [-0.39, 0.29) is 15.5 Å². The Labute approximate surface area is 164 Å². The molecule has 0 aromatic heterocycles. The molecule has 146 valence electrons. The van der Waals surface area contributed by atoms with E-state index in [0.717, 1.165) is 12.8 Å². The average Bonchev–Trinajstić information content (AvgIpc) is 2.63. The highest BCUT2D eigenvalue weighted by Crippen LogP contribution is 2.23. The van der Waals surface area contributed by atoms with Crippen LogP contribution in [0.5, 0.6) is 5.75 Å². The molecule has 2 aromatic carbocycles. The number of carbonyl (C=O) groups excluding carboxylic acids is 1. The summed E-state index contributed by atoms with van der Waals surface area (Å²) in [4.78, 5) is 12.2. The lowest BCUT2D eigenvalue weighted by molar-refractivity contribution is 0.0953. The highest BCUT2D eigenvalue weighted by atomic mass is 35.5. The predicted molar refractivity (Wildman–Crippen MR) is 107 cm³/mol. The highest BCUT2D eigenvalue weighted by Gasteiger charge is 2.19. The van der Waals surface area contributed by atoms with Crippen LogP contribution in [-0.4, -0.2) is 27.5 Å². The molecule has 0 saturated heterocycles. The number of sulfonamides is 1. The van der Waals surface area contributed by atoms with Crippen molar-refractivity contribution in [1.82, 2.24) is 5.32 Å². The van der Waals surface area contributed by atoms with Crippen molar-refractivity contribution >= 4 is 33.2 Å². The van der Waals surface area contributed by atoms with Crippen molar-refractivity contribution in [2.75, 3.05) is 17.9 Å². The minimum absolute atomic E-state index is 0.0403. The molecular weight excluding hydrogens is 388 g/mol. The zero-order valence-corrected chi connectivity index (χ0v) is 16.9. The van der Waals surface area contributed by atoms with E-state index in [2.05, 4.69) is 10.0 Å². The second-order valence-electron chi connectivity index (χ2n) is 5.81. The van der Waals surface area contributed by atoms with Gasteiger partial charge in [-0.05, 0) is 55.8 Å². The van der Waals surface area contributed by atoms with E-state index >= 15 is 0 Å². The third kappa shape index (κ3) is 5.87. The minimum Gasteiger partial charge on any atom is -0.494 e. The normalized spacial score (nSPS) is 11.1. The van der Waals surface area contributed by atoms with Crippen LogP contribution in [0.3, 0.4) is 0 Å². The first-order valence-electron chi connectivity index (χ1n) is 8.70. The number of hydrogen-bond acceptors (Lipinski definition) is 4. The van der Waals surface area contributed by atoms with Crippen LogP contribution < -0.4 is 14.8 Å². The van der Waals surface area contributed by atoms with Crippen molar-refractivity contribution in [3.63, 3.8) is 0 Å². The van der Waals surface area contributed by atoms with Crippen molar-refractivity contribution in [3.05, 3.63) is 53.1 Å². The van der Waals surface area contributed by atoms with Crippen LogP contribution in [0.4, 0.5) is 5.69 Å². The Morgan fingerprint density at radius 3 is 2.44 bits per heavy atom. The maximum Gasteiger partial charge on any atom is 0.261 e. The summed E-state index contributed by atoms with van der Waals surface area (Å²) in [5, 5.41) is 2.93. The Morgan fingerprint density at radius 1 is 1.11 bits per heavy atom. The lowest BCUT2D eigenvalue weighted by Gasteiger charge is -2.11. The van der Waals surface area contributed by atoms with Gasteiger partial charge in [-0.15, -0.1) is 0 Å². The fourth-order valence-electron chi connectivity index (χ4n) is 2.32. The molecule has 0 radical (unpaired) electrons. The van der Waals surface area contributed by atoms with Gasteiger partial charge in [0.25, 0.3) is 15.9 Å². The first-order chi connectivity index (χ1) is 12.9. The first kappa shape index (κ1) is 21.1. The number of carbonyl (C=O) groups is 1. The van der Waals surface area contributed by atoms with Gasteiger partial charge >= 0.3 is 0 Å². The second-order valence-corrected chi connectivity index (χ2v) is 7.90. The molecule has 0 aliphatic rings. The van der Waals surface area contributed by atoms with Crippen LogP contribution in [0.25, 0.3) is 0 Å². The summed E-state index contributed by atoms with van der Waals surface area (Å²) in [6, 6.07) is 10.6. The molecule has 0 atom stereocenters. The molecule has 0 bridgehead atoms. The Morgan fingerprint density at radius 2 is 1.81 bits per heavy atom. The quantitative estimate of drug-likeness (QED) is 0.610. The maximum atomic E-state index is 12.6. The molecule has 1 amide bonds. The number of ether oxygens (including phenoxy) is 1. The van der Waals surface area contributed by atoms with E-state index in [4.69, 9.17) is 16.3 Å². The van der Waals surface area contributed by atoms with E-state index in [1.165, 1.54) is 18.2 Å². The maximum absolute atomic E-state index is 12.6. The number of benzene rings is 2. The number of anilines is 1. The van der Waals surface area contributed by atoms with E-state index in [9.17, 15) is 13.2 Å². The third-order valence-electron chi connectivity index (χ3n) is 3.73. The summed E-state index contributed by atoms with van der Waals surface area (Å²) in [5.74, 6) is 0.254. The standard InChI is InChI=1S/C19H23ClN2O4S/c1-3-5-12-21-19(23)17-13-16(10-11-18(17)20)27(24,25)22-14-6-8-15(9-7-14)26-4-2/h6-11,13,22H,3-5,12H2,1-2H3,(H,21,23). The van der Waals surface area contributed by atoms with Crippen molar-refractivity contribution < 1.29 is 17.9 Å². The molecule has 0 fully saturated rings. The Balaban J connectivity index is 2.20. The lowest BCUT2D eigenvalue weighted by Crippen LogP contribution is -2.25. The summed E-state index contributed by atoms with van der Waals surface area (Å²) < 4.78 is 33.1. The number of halogens is 1. The first-order valence-corrected chi connectivity index (χ1v) is 10.6. The Bertz CT molecular complexity index is 883. The number of amides is 1. The van der Waals surface area contributed by atoms with Gasteiger partial charge < -0.3 is 10.1 Å². The largest absolute Gasteiger partial charge is 0.494 e. The molecule has 27 heavy (non-hydrogen) atoms. The molecule has 2 aromatic rings. The van der Waals surface area contributed by atoms with Crippen LogP contribution >= 0.6 is 11.6 Å². The number of nitrogens with one attached hydrogen (secondary N) is 2. The lowest BCUT2D eigenvalue weighted by atomic mass is 10.2. The fraction of sp³-hybridized carbons (Fsp3) is 0.316. The van der Waals surface area contributed by atoms with Gasteiger partial charge in [-0.1, -0.05) is 24.9 Å². The zero-order chi connectivity index (χ0) is 19.9. The predicted octanol–water partition coefficient (Wildman–Crippen LogP) is 4.07. The van der Waals surface area contributed by atoms with Crippen molar-refractivity contribution in [2.24, 2.45) is 0 Å². The van der Waals surface area contributed by atoms with Gasteiger partial charge in [0.15, 0.2) is 0 Å². The van der Waals surface area contributed by atoms with Gasteiger partial charge in [0, 0.05) is 12.2 Å². The van der Waals surface area contributed by atoms with E-state index in [1.807, 2.05) is 13.8 Å². The van der Waals surface area contributed by atoms with Crippen LogP contribution in [0.15, 0.2) is 47.4 Å². The summed E-state index contributed by atoms with van der Waals surface area (Å²) in [7, 11) is -3.87. The van der Waals surface area contributed by atoms with Crippen molar-refractivity contribution in [3.8, 4) is 5.75 Å². The summed E-state index contributed by atoms with van der Waals surface area (Å²) >= 11 is 6.07. The van der Waals surface area contributed by atoms with Crippen LogP contribution in [0.1, 0.15) is 37.0 Å². The number of hydrogen-bond donors (Lipinski definition) is 2. The fourth-order valence-corrected chi connectivity index (χ4v) is 3.61. The SMILES string of the molecule is CCCCNC(=O)c1cc(S(=O)(=O)Nc2ccc(OCC)cc2)ccc1Cl. The van der Waals surface area contributed by atoms with E-state index < -0.39 is 15.9 Å². The van der Waals surface area contributed by atoms with Crippen LogP contribution in [0.2, 0.25) is 5.02 Å². The highest BCUT2D eigenvalue weighted by molar-refractivity contribution is 7.92. The topological polar surface area (TPSA) is 84.5 Å². The molecule has 2 N–H and O–H groups in total. The molecule has 6 nitrogen and oxygen atoms in total. The molecule has 0 unspecified atom stereocenters. The van der Waals surface area contributed by atoms with Gasteiger partial charge in [-0.3, -0.25) is 9.52 Å². The van der Waals surface area contributed by atoms with Gasteiger partial charge in [0.2, 0.25) is 0 Å². The molecule has 8 heteroatoms. The van der Waals surface area contributed by atoms with Crippen LogP contribution in [-0.2, 0) is 10.0 Å². The number of unbranched alkanes of at least 4 members (excludes halogenated alkanes) is 1. The molecule has 0 heterocycles. The molecule has 0 aliphatic carbocycles. The molecule has 0 saturated carbocycles. The van der Waals surface area contributed by atoms with Gasteiger partial charge in [0.1, 0.15) is 5.75 Å². The zero-order valence-electron chi connectivity index (χ0n) is 15.3. The van der Waals surface area contributed by atoms with Crippen LogP contribution in [0, 0.1) is 0 Å². The smallest absolute Gasteiger partial charge is 0.261 e. The van der Waals surface area contributed by atoms with E-state index in [1.54, 1.807) is 24.3 Å². The average molecular weight is 411 g/mol. The monoisotopic (exact) mass is 410 g/mol. The second kappa shape index (κ2) is 9.62. The van der Waals surface area contributed by atoms with Gasteiger partial charge in [-0.25, -0.2) is 8.42 Å². The Kier molecular flexibility index (Phi) is 7.50. The summed E-state index contributed by atoms with van der Waals surface area (Å²) in [6.07, 6.45) is 1.77. The number of rotatable bonds is 9.